The number of hydrogen-bond donors (Lipinski definition) is 3. The van der Waals surface area contributed by atoms with Gasteiger partial charge in [-0.1, -0.05) is 24.3 Å². The Balaban J connectivity index is 1.32. The first-order chi connectivity index (χ1) is 18.5. The normalized spacial score (nSPS) is 15.1. The quantitative estimate of drug-likeness (QED) is 0.290. The van der Waals surface area contributed by atoms with Crippen LogP contribution < -0.4 is 10.1 Å². The molecule has 1 amide bonds. The maximum absolute atomic E-state index is 13.0. The Morgan fingerprint density at radius 1 is 1.16 bits per heavy atom. The number of hydrogen-bond acceptors (Lipinski definition) is 6. The zero-order valence-corrected chi connectivity index (χ0v) is 21.6. The molecule has 8 nitrogen and oxygen atoms in total. The van der Waals surface area contributed by atoms with E-state index < -0.39 is 0 Å². The molecule has 8 heteroatoms. The van der Waals surface area contributed by atoms with Crippen molar-refractivity contribution < 1.29 is 19.4 Å². The van der Waals surface area contributed by atoms with Gasteiger partial charge in [0.25, 0.3) is 5.91 Å². The summed E-state index contributed by atoms with van der Waals surface area (Å²) in [5, 5.41) is 14.3. The summed E-state index contributed by atoms with van der Waals surface area (Å²) in [6, 6.07) is 20.8. The van der Waals surface area contributed by atoms with Gasteiger partial charge in [-0.3, -0.25) is 14.7 Å². The number of nitrogens with zero attached hydrogens (tertiary/aromatic N) is 2. The minimum Gasteiger partial charge on any atom is -0.497 e. The van der Waals surface area contributed by atoms with Crippen molar-refractivity contribution in [2.24, 2.45) is 4.99 Å². The second kappa shape index (κ2) is 11.5. The van der Waals surface area contributed by atoms with Crippen LogP contribution in [0.1, 0.15) is 40.0 Å². The summed E-state index contributed by atoms with van der Waals surface area (Å²) in [6.45, 7) is 6.15. The number of benzene rings is 3. The number of carbonyl (C=O) groups excluding carboxylic acids is 1. The van der Waals surface area contributed by atoms with E-state index in [1.54, 1.807) is 31.5 Å². The van der Waals surface area contributed by atoms with Gasteiger partial charge in [0.1, 0.15) is 5.75 Å². The highest BCUT2D eigenvalue weighted by atomic mass is 16.5. The number of rotatable bonds is 8. The van der Waals surface area contributed by atoms with E-state index in [9.17, 15) is 9.90 Å². The molecular formula is C30H32N4O4. The van der Waals surface area contributed by atoms with E-state index in [-0.39, 0.29) is 17.8 Å². The van der Waals surface area contributed by atoms with Crippen LogP contribution in [0.3, 0.4) is 0 Å². The number of H-pyrrole nitrogens is 1. The lowest BCUT2D eigenvalue weighted by molar-refractivity contribution is 0.0342. The van der Waals surface area contributed by atoms with Gasteiger partial charge in [0.2, 0.25) is 0 Å². The SMILES string of the molecule is COc1ccc([C@H](C)NC(=O)c2ccc3[nH]c(O)c(C=Nc4cccc(CN5CCOCC5)c4)c3c2)cc1. The lowest BCUT2D eigenvalue weighted by Crippen LogP contribution is -2.35. The largest absolute Gasteiger partial charge is 0.497 e. The number of amides is 1. The third-order valence-electron chi connectivity index (χ3n) is 6.81. The highest BCUT2D eigenvalue weighted by Gasteiger charge is 2.16. The van der Waals surface area contributed by atoms with Crippen molar-refractivity contribution in [3.05, 3.63) is 89.0 Å². The zero-order chi connectivity index (χ0) is 26.5. The number of ether oxygens (including phenoxy) is 2. The average Bonchev–Trinajstić information content (AvgIpc) is 3.26. The van der Waals surface area contributed by atoms with E-state index in [0.717, 1.165) is 60.8 Å². The van der Waals surface area contributed by atoms with Crippen LogP contribution in [-0.2, 0) is 11.3 Å². The molecule has 196 valence electrons. The van der Waals surface area contributed by atoms with Crippen LogP contribution >= 0.6 is 0 Å². The first-order valence-electron chi connectivity index (χ1n) is 12.7. The Morgan fingerprint density at radius 3 is 2.71 bits per heavy atom. The summed E-state index contributed by atoms with van der Waals surface area (Å²) in [4.78, 5) is 23.0. The molecular weight excluding hydrogens is 480 g/mol. The van der Waals surface area contributed by atoms with Crippen molar-refractivity contribution in [1.29, 1.82) is 0 Å². The molecule has 1 aliphatic rings. The number of aromatic amines is 1. The summed E-state index contributed by atoms with van der Waals surface area (Å²) in [6.07, 6.45) is 1.64. The number of morpholine rings is 1. The topological polar surface area (TPSA) is 99.2 Å². The Morgan fingerprint density at radius 2 is 1.95 bits per heavy atom. The molecule has 38 heavy (non-hydrogen) atoms. The van der Waals surface area contributed by atoms with Gasteiger partial charge in [-0.25, -0.2) is 0 Å². The molecule has 0 radical (unpaired) electrons. The van der Waals surface area contributed by atoms with Gasteiger partial charge in [-0.05, 0) is 60.5 Å². The molecule has 5 rings (SSSR count). The molecule has 0 saturated carbocycles. The van der Waals surface area contributed by atoms with Crippen molar-refractivity contribution in [2.75, 3.05) is 33.4 Å². The molecule has 0 spiro atoms. The van der Waals surface area contributed by atoms with E-state index in [1.807, 2.05) is 43.3 Å². The number of carbonyl (C=O) groups is 1. The minimum atomic E-state index is -0.199. The standard InChI is InChI=1S/C30H32N4O4/c1-20(22-6-9-25(37-2)10-7-22)32-29(35)23-8-11-28-26(17-23)27(30(36)33-28)18-31-24-5-3-4-21(16-24)19-34-12-14-38-15-13-34/h3-11,16-18,20,33,36H,12-15,19H2,1-2H3,(H,32,35)/t20-/m0/s1. The number of aromatic nitrogens is 1. The van der Waals surface area contributed by atoms with Crippen LogP contribution in [-0.4, -0.2) is 60.5 Å². The van der Waals surface area contributed by atoms with Crippen LogP contribution in [0, 0.1) is 0 Å². The van der Waals surface area contributed by atoms with Crippen LogP contribution in [0.4, 0.5) is 5.69 Å². The Bertz CT molecular complexity index is 1440. The number of methoxy groups -OCH3 is 1. The molecule has 1 saturated heterocycles. The monoisotopic (exact) mass is 512 g/mol. The van der Waals surface area contributed by atoms with Crippen molar-refractivity contribution in [2.45, 2.75) is 19.5 Å². The predicted octanol–water partition coefficient (Wildman–Crippen LogP) is 4.96. The lowest BCUT2D eigenvalue weighted by atomic mass is 10.1. The maximum atomic E-state index is 13.0. The predicted molar refractivity (Wildman–Crippen MR) is 149 cm³/mol. The van der Waals surface area contributed by atoms with E-state index >= 15 is 0 Å². The highest BCUT2D eigenvalue weighted by molar-refractivity contribution is 6.06. The fourth-order valence-electron chi connectivity index (χ4n) is 4.62. The Hall–Kier alpha value is -4.14. The van der Waals surface area contributed by atoms with Crippen molar-refractivity contribution >= 4 is 28.7 Å². The lowest BCUT2D eigenvalue weighted by Gasteiger charge is -2.26. The van der Waals surface area contributed by atoms with Crippen molar-refractivity contribution in [3.8, 4) is 11.6 Å². The molecule has 0 aliphatic carbocycles. The molecule has 3 aromatic carbocycles. The Labute approximate surface area is 221 Å². The molecule has 4 aromatic rings. The summed E-state index contributed by atoms with van der Waals surface area (Å²) in [7, 11) is 1.62. The zero-order valence-electron chi connectivity index (χ0n) is 21.6. The molecule has 1 aliphatic heterocycles. The summed E-state index contributed by atoms with van der Waals surface area (Å²) >= 11 is 0. The van der Waals surface area contributed by atoms with Crippen molar-refractivity contribution in [3.63, 3.8) is 0 Å². The average molecular weight is 513 g/mol. The van der Waals surface area contributed by atoms with E-state index in [0.29, 0.717) is 11.1 Å². The van der Waals surface area contributed by atoms with Crippen LogP contribution in [0.15, 0.2) is 71.7 Å². The van der Waals surface area contributed by atoms with Gasteiger partial charge in [-0.15, -0.1) is 0 Å². The third kappa shape index (κ3) is 5.88. The third-order valence-corrected chi connectivity index (χ3v) is 6.81. The van der Waals surface area contributed by atoms with Gasteiger partial charge in [0.15, 0.2) is 5.88 Å². The fraction of sp³-hybridized carbons (Fsp3) is 0.267. The highest BCUT2D eigenvalue weighted by Crippen LogP contribution is 2.28. The first kappa shape index (κ1) is 25.5. The molecule has 1 aromatic heterocycles. The van der Waals surface area contributed by atoms with Crippen molar-refractivity contribution in [1.82, 2.24) is 15.2 Å². The van der Waals surface area contributed by atoms with E-state index in [2.05, 4.69) is 32.3 Å². The summed E-state index contributed by atoms with van der Waals surface area (Å²) in [5.74, 6) is 0.579. The van der Waals surface area contributed by atoms with Crippen LogP contribution in [0.25, 0.3) is 10.9 Å². The van der Waals surface area contributed by atoms with Gasteiger partial charge in [0.05, 0.1) is 37.6 Å². The van der Waals surface area contributed by atoms with Gasteiger partial charge >= 0.3 is 0 Å². The van der Waals surface area contributed by atoms with Gasteiger partial charge in [0, 0.05) is 42.3 Å². The smallest absolute Gasteiger partial charge is 0.251 e. The number of aliphatic imine (C=N–C) groups is 1. The molecule has 1 atom stereocenters. The molecule has 0 bridgehead atoms. The summed E-state index contributed by atoms with van der Waals surface area (Å²) in [5.41, 5.74) is 4.71. The second-order valence-electron chi connectivity index (χ2n) is 9.43. The van der Waals surface area contributed by atoms with E-state index in [4.69, 9.17) is 9.47 Å². The maximum Gasteiger partial charge on any atom is 0.251 e. The van der Waals surface area contributed by atoms with E-state index in [1.165, 1.54) is 5.56 Å². The summed E-state index contributed by atoms with van der Waals surface area (Å²) < 4.78 is 10.6. The fourth-order valence-corrected chi connectivity index (χ4v) is 4.62. The minimum absolute atomic E-state index is 0.0115. The van der Waals surface area contributed by atoms with Crippen LogP contribution in [0.5, 0.6) is 11.6 Å². The van der Waals surface area contributed by atoms with Gasteiger partial charge in [-0.2, -0.15) is 0 Å². The molecule has 2 heterocycles. The second-order valence-corrected chi connectivity index (χ2v) is 9.43. The van der Waals surface area contributed by atoms with Gasteiger partial charge < -0.3 is 24.9 Å². The number of nitrogens with one attached hydrogen (secondary N) is 2. The molecule has 1 fully saturated rings. The Kier molecular flexibility index (Phi) is 7.72. The number of aromatic hydroxyl groups is 1. The molecule has 0 unspecified atom stereocenters. The molecule has 3 N–H and O–H groups in total. The van der Waals surface area contributed by atoms with Crippen LogP contribution in [0.2, 0.25) is 0 Å². The first-order valence-corrected chi connectivity index (χ1v) is 12.7. The number of fused-ring (bicyclic) bond motifs is 1.